The van der Waals surface area contributed by atoms with E-state index in [0.717, 1.165) is 34.4 Å². The van der Waals surface area contributed by atoms with Crippen molar-refractivity contribution in [3.05, 3.63) is 88.5 Å². The second kappa shape index (κ2) is 9.71. The standard InChI is InChI=1S/C27H30N2O5S/c1-5-22-25(18-7-9-19(10-8-18)27(30)31)28-24-13-12-21(15-23(24)26(22)34-4)35(32,33)29-20-11-6-16(2)17(3)14-20/h6-15,22,25-26,28-29H,5H2,1-4H3,(H,30,31). The van der Waals surface area contributed by atoms with Gasteiger partial charge in [-0.25, -0.2) is 13.2 Å². The molecule has 0 saturated carbocycles. The first kappa shape index (κ1) is 24.8. The van der Waals surface area contributed by atoms with E-state index in [1.807, 2.05) is 38.1 Å². The third kappa shape index (κ3) is 4.90. The van der Waals surface area contributed by atoms with Gasteiger partial charge in [-0.05, 0) is 79.4 Å². The number of hydrogen-bond donors (Lipinski definition) is 3. The van der Waals surface area contributed by atoms with Crippen LogP contribution in [0.1, 0.15) is 58.1 Å². The number of rotatable bonds is 7. The number of aryl methyl sites for hydroxylation is 2. The molecule has 0 spiro atoms. The predicted molar refractivity (Wildman–Crippen MR) is 136 cm³/mol. The maximum atomic E-state index is 13.2. The number of carbonyl (C=O) groups is 1. The van der Waals surface area contributed by atoms with Gasteiger partial charge in [0.1, 0.15) is 0 Å². The van der Waals surface area contributed by atoms with E-state index in [0.29, 0.717) is 5.69 Å². The smallest absolute Gasteiger partial charge is 0.335 e. The van der Waals surface area contributed by atoms with Crippen LogP contribution in [-0.2, 0) is 14.8 Å². The Morgan fingerprint density at radius 1 is 1.03 bits per heavy atom. The van der Waals surface area contributed by atoms with Gasteiger partial charge in [-0.15, -0.1) is 0 Å². The summed E-state index contributed by atoms with van der Waals surface area (Å²) in [5.41, 5.74) is 5.36. The molecule has 0 bridgehead atoms. The summed E-state index contributed by atoms with van der Waals surface area (Å²) < 4.78 is 34.9. The number of fused-ring (bicyclic) bond motifs is 1. The Labute approximate surface area is 206 Å². The molecule has 1 heterocycles. The summed E-state index contributed by atoms with van der Waals surface area (Å²) in [5, 5.41) is 12.7. The minimum absolute atomic E-state index is 0.00818. The number of ether oxygens (including phenoxy) is 1. The molecule has 7 nitrogen and oxygen atoms in total. The molecule has 3 N–H and O–H groups in total. The van der Waals surface area contributed by atoms with Gasteiger partial charge in [0.25, 0.3) is 10.0 Å². The van der Waals surface area contributed by atoms with E-state index >= 15 is 0 Å². The third-order valence-corrected chi connectivity index (χ3v) is 8.15. The van der Waals surface area contributed by atoms with Crippen molar-refractivity contribution in [1.29, 1.82) is 0 Å². The number of carboxylic acid groups (broad SMARTS) is 1. The van der Waals surface area contributed by atoms with E-state index < -0.39 is 16.0 Å². The molecular formula is C27H30N2O5S. The summed E-state index contributed by atoms with van der Waals surface area (Å²) in [7, 11) is -2.17. The molecule has 8 heteroatoms. The molecule has 3 aromatic rings. The number of benzene rings is 3. The highest BCUT2D eigenvalue weighted by molar-refractivity contribution is 7.92. The fourth-order valence-corrected chi connectivity index (χ4v) is 5.77. The van der Waals surface area contributed by atoms with E-state index in [1.54, 1.807) is 43.5 Å². The number of anilines is 2. The molecule has 1 aliphatic rings. The van der Waals surface area contributed by atoms with Crippen molar-refractivity contribution >= 4 is 27.4 Å². The van der Waals surface area contributed by atoms with E-state index in [4.69, 9.17) is 4.74 Å². The molecule has 0 aromatic heterocycles. The van der Waals surface area contributed by atoms with Gasteiger partial charge in [0.2, 0.25) is 0 Å². The molecule has 0 radical (unpaired) electrons. The molecular weight excluding hydrogens is 464 g/mol. The fraction of sp³-hybridized carbons (Fsp3) is 0.296. The summed E-state index contributed by atoms with van der Waals surface area (Å²) in [5.74, 6) is -0.961. The van der Waals surface area contributed by atoms with Crippen molar-refractivity contribution in [2.75, 3.05) is 17.1 Å². The van der Waals surface area contributed by atoms with Gasteiger partial charge >= 0.3 is 5.97 Å². The lowest BCUT2D eigenvalue weighted by molar-refractivity contribution is 0.0368. The van der Waals surface area contributed by atoms with Crippen LogP contribution in [0.5, 0.6) is 0 Å². The molecule has 35 heavy (non-hydrogen) atoms. The molecule has 0 fully saturated rings. The Morgan fingerprint density at radius 2 is 1.74 bits per heavy atom. The second-order valence-electron chi connectivity index (χ2n) is 8.93. The number of carboxylic acids is 1. The second-order valence-corrected chi connectivity index (χ2v) is 10.6. The van der Waals surface area contributed by atoms with E-state index in [1.165, 1.54) is 0 Å². The molecule has 0 aliphatic carbocycles. The van der Waals surface area contributed by atoms with Crippen molar-refractivity contribution in [2.24, 2.45) is 5.92 Å². The van der Waals surface area contributed by atoms with Crippen molar-refractivity contribution in [3.63, 3.8) is 0 Å². The van der Waals surface area contributed by atoms with Gasteiger partial charge in [-0.2, -0.15) is 0 Å². The van der Waals surface area contributed by atoms with E-state index in [2.05, 4.69) is 17.0 Å². The van der Waals surface area contributed by atoms with Gasteiger partial charge < -0.3 is 15.2 Å². The Balaban J connectivity index is 1.68. The topological polar surface area (TPSA) is 105 Å². The number of aromatic carboxylic acids is 1. The average Bonchev–Trinajstić information content (AvgIpc) is 2.84. The molecule has 4 rings (SSSR count). The summed E-state index contributed by atoms with van der Waals surface area (Å²) in [6.07, 6.45) is 0.436. The van der Waals surface area contributed by atoms with E-state index in [9.17, 15) is 18.3 Å². The maximum Gasteiger partial charge on any atom is 0.335 e. The minimum atomic E-state index is -3.80. The predicted octanol–water partition coefficient (Wildman–Crippen LogP) is 5.68. The quantitative estimate of drug-likeness (QED) is 0.390. The van der Waals surface area contributed by atoms with Gasteiger partial charge in [0, 0.05) is 30.0 Å². The Bertz CT molecular complexity index is 1350. The zero-order chi connectivity index (χ0) is 25.3. The van der Waals surface area contributed by atoms with Gasteiger partial charge in [-0.3, -0.25) is 4.72 Å². The number of sulfonamides is 1. The number of methoxy groups -OCH3 is 1. The first-order chi connectivity index (χ1) is 16.6. The molecule has 0 saturated heterocycles. The SMILES string of the molecule is CCC1C(c2ccc(C(=O)O)cc2)Nc2ccc(S(=O)(=O)Nc3ccc(C)c(C)c3)cc2C1OC. The number of nitrogens with one attached hydrogen (secondary N) is 2. The lowest BCUT2D eigenvalue weighted by Gasteiger charge is -2.40. The van der Waals surface area contributed by atoms with Crippen molar-refractivity contribution in [2.45, 2.75) is 44.2 Å². The van der Waals surface area contributed by atoms with Gasteiger partial charge in [-0.1, -0.05) is 25.1 Å². The highest BCUT2D eigenvalue weighted by atomic mass is 32.2. The van der Waals surface area contributed by atoms with Crippen LogP contribution in [0.25, 0.3) is 0 Å². The molecule has 3 atom stereocenters. The largest absolute Gasteiger partial charge is 0.478 e. The monoisotopic (exact) mass is 494 g/mol. The summed E-state index contributed by atoms with van der Waals surface area (Å²) in [6, 6.07) is 17.2. The lowest BCUT2D eigenvalue weighted by atomic mass is 9.79. The molecule has 0 amide bonds. The zero-order valence-corrected chi connectivity index (χ0v) is 21.0. The molecule has 3 unspecified atom stereocenters. The van der Waals surface area contributed by atoms with E-state index in [-0.39, 0.29) is 28.5 Å². The normalized spacial score (nSPS) is 19.5. The van der Waals surface area contributed by atoms with Crippen LogP contribution in [0.2, 0.25) is 0 Å². The highest BCUT2D eigenvalue weighted by Gasteiger charge is 2.37. The van der Waals surface area contributed by atoms with Crippen LogP contribution in [0, 0.1) is 19.8 Å². The Kier molecular flexibility index (Phi) is 6.87. The summed E-state index contributed by atoms with van der Waals surface area (Å²) in [4.78, 5) is 11.4. The van der Waals surface area contributed by atoms with Crippen LogP contribution in [0.3, 0.4) is 0 Å². The minimum Gasteiger partial charge on any atom is -0.478 e. The van der Waals surface area contributed by atoms with Crippen LogP contribution in [0.15, 0.2) is 65.6 Å². The van der Waals surface area contributed by atoms with Crippen LogP contribution < -0.4 is 10.0 Å². The van der Waals surface area contributed by atoms with Gasteiger partial charge in [0.05, 0.1) is 22.6 Å². The number of hydrogen-bond acceptors (Lipinski definition) is 5. The zero-order valence-electron chi connectivity index (χ0n) is 20.2. The molecule has 184 valence electrons. The van der Waals surface area contributed by atoms with Gasteiger partial charge in [0.15, 0.2) is 0 Å². The Morgan fingerprint density at radius 3 is 2.34 bits per heavy atom. The average molecular weight is 495 g/mol. The highest BCUT2D eigenvalue weighted by Crippen LogP contribution is 2.47. The third-order valence-electron chi connectivity index (χ3n) is 6.77. The van der Waals surface area contributed by atoms with Crippen molar-refractivity contribution in [1.82, 2.24) is 0 Å². The fourth-order valence-electron chi connectivity index (χ4n) is 4.69. The van der Waals surface area contributed by atoms with Crippen LogP contribution in [0.4, 0.5) is 11.4 Å². The molecule has 1 aliphatic heterocycles. The van der Waals surface area contributed by atoms with Crippen LogP contribution in [-0.4, -0.2) is 26.6 Å². The first-order valence-corrected chi connectivity index (χ1v) is 13.0. The summed E-state index contributed by atoms with van der Waals surface area (Å²) in [6.45, 7) is 5.98. The lowest BCUT2D eigenvalue weighted by Crippen LogP contribution is -2.32. The maximum absolute atomic E-state index is 13.2. The Hall–Kier alpha value is -3.36. The van der Waals surface area contributed by atoms with Crippen molar-refractivity contribution < 1.29 is 23.1 Å². The molecule has 3 aromatic carbocycles. The summed E-state index contributed by atoms with van der Waals surface area (Å²) >= 11 is 0. The van der Waals surface area contributed by atoms with Crippen molar-refractivity contribution in [3.8, 4) is 0 Å². The first-order valence-electron chi connectivity index (χ1n) is 11.5. The van der Waals surface area contributed by atoms with Crippen LogP contribution >= 0.6 is 0 Å².